The number of carbonyl (C=O) groups is 1. The molecule has 2 aliphatic rings. The topological polar surface area (TPSA) is 61.6 Å². The van der Waals surface area contributed by atoms with E-state index in [1.807, 2.05) is 43.3 Å². The van der Waals surface area contributed by atoms with Crippen LogP contribution in [0.5, 0.6) is 5.88 Å². The van der Waals surface area contributed by atoms with Crippen LogP contribution >= 0.6 is 11.6 Å². The second kappa shape index (κ2) is 6.93. The monoisotopic (exact) mass is 345 g/mol. The molecule has 0 bridgehead atoms. The third-order valence-corrected chi connectivity index (χ3v) is 3.84. The number of halogens is 1. The molecule has 0 fully saturated rings. The molecule has 0 atom stereocenters. The normalized spacial score (nSPS) is 10.8. The standard InChI is InChI=1S/C18H16ClNO4/c1-3-22-16(21)10-23-18-15-9-8-14(17(15)11(2)24-20-18)12-4-6-13(19)7-5-12/h4-9H,3,10H2,1-2H3. The number of aryl methyl sites for hydroxylation is 1. The van der Waals surface area contributed by atoms with Crippen molar-refractivity contribution in [1.82, 2.24) is 5.16 Å². The van der Waals surface area contributed by atoms with Crippen molar-refractivity contribution in [1.29, 1.82) is 0 Å². The summed E-state index contributed by atoms with van der Waals surface area (Å²) >= 11 is 5.95. The summed E-state index contributed by atoms with van der Waals surface area (Å²) in [5, 5.41) is 4.61. The van der Waals surface area contributed by atoms with Gasteiger partial charge in [0.05, 0.1) is 12.2 Å². The predicted octanol–water partition coefficient (Wildman–Crippen LogP) is 4.35. The second-order valence-electron chi connectivity index (χ2n) is 5.18. The largest absolute Gasteiger partial charge is 0.463 e. The van der Waals surface area contributed by atoms with Gasteiger partial charge in [0.1, 0.15) is 5.76 Å². The zero-order valence-electron chi connectivity index (χ0n) is 13.3. The molecule has 1 aromatic rings. The molecular formula is C18H16ClNO4. The maximum Gasteiger partial charge on any atom is 0.344 e. The first-order valence-electron chi connectivity index (χ1n) is 7.53. The van der Waals surface area contributed by atoms with Gasteiger partial charge in [-0.2, -0.15) is 0 Å². The Bertz CT molecular complexity index is 826. The molecule has 0 saturated carbocycles. The maximum absolute atomic E-state index is 11.5. The number of hydrogen-bond acceptors (Lipinski definition) is 5. The molecule has 0 amide bonds. The van der Waals surface area contributed by atoms with Gasteiger partial charge in [-0.05, 0) is 48.3 Å². The average molecular weight is 346 g/mol. The highest BCUT2D eigenvalue weighted by Crippen LogP contribution is 2.42. The van der Waals surface area contributed by atoms with Crippen molar-refractivity contribution in [3.63, 3.8) is 0 Å². The highest BCUT2D eigenvalue weighted by atomic mass is 35.5. The molecule has 1 aliphatic carbocycles. The fourth-order valence-corrected chi connectivity index (χ4v) is 2.67. The van der Waals surface area contributed by atoms with Crippen molar-refractivity contribution in [2.24, 2.45) is 0 Å². The van der Waals surface area contributed by atoms with E-state index >= 15 is 0 Å². The van der Waals surface area contributed by atoms with Gasteiger partial charge in [0.15, 0.2) is 6.61 Å². The van der Waals surface area contributed by atoms with Crippen molar-refractivity contribution in [3.05, 3.63) is 47.2 Å². The van der Waals surface area contributed by atoms with Gasteiger partial charge in [-0.15, -0.1) is 0 Å². The summed E-state index contributed by atoms with van der Waals surface area (Å²) in [6, 6.07) is 11.4. The van der Waals surface area contributed by atoms with Crippen LogP contribution in [0.1, 0.15) is 12.7 Å². The van der Waals surface area contributed by atoms with Crippen molar-refractivity contribution in [3.8, 4) is 28.1 Å². The van der Waals surface area contributed by atoms with Crippen molar-refractivity contribution in [2.45, 2.75) is 13.8 Å². The molecule has 0 unspecified atom stereocenters. The first kappa shape index (κ1) is 16.3. The number of hydrogen-bond donors (Lipinski definition) is 0. The molecule has 0 saturated heterocycles. The van der Waals surface area contributed by atoms with Crippen molar-refractivity contribution < 1.29 is 18.8 Å². The van der Waals surface area contributed by atoms with Gasteiger partial charge >= 0.3 is 5.97 Å². The van der Waals surface area contributed by atoms with Crippen LogP contribution in [0.3, 0.4) is 0 Å². The molecule has 0 aromatic heterocycles. The lowest BCUT2D eigenvalue weighted by molar-refractivity contribution is -0.145. The van der Waals surface area contributed by atoms with Gasteiger partial charge in [-0.25, -0.2) is 4.79 Å². The van der Waals surface area contributed by atoms with Crippen molar-refractivity contribution in [2.75, 3.05) is 13.2 Å². The van der Waals surface area contributed by atoms with E-state index in [0.717, 1.165) is 22.3 Å². The molecule has 1 heterocycles. The van der Waals surface area contributed by atoms with E-state index in [0.29, 0.717) is 17.4 Å². The number of carbonyl (C=O) groups excluding carboxylic acids is 1. The minimum absolute atomic E-state index is 0.212. The first-order valence-corrected chi connectivity index (χ1v) is 7.91. The van der Waals surface area contributed by atoms with E-state index in [9.17, 15) is 4.79 Å². The molecule has 1 aromatic carbocycles. The Morgan fingerprint density at radius 3 is 2.58 bits per heavy atom. The predicted molar refractivity (Wildman–Crippen MR) is 90.4 cm³/mol. The Hall–Kier alpha value is -2.53. The van der Waals surface area contributed by atoms with E-state index in [1.165, 1.54) is 0 Å². The van der Waals surface area contributed by atoms with Gasteiger partial charge < -0.3 is 14.0 Å². The summed E-state index contributed by atoms with van der Waals surface area (Å²) in [6.45, 7) is 3.67. The third kappa shape index (κ3) is 3.21. The van der Waals surface area contributed by atoms with Crippen molar-refractivity contribution >= 4 is 17.6 Å². The molecule has 3 rings (SSSR count). The van der Waals surface area contributed by atoms with E-state index in [4.69, 9.17) is 25.6 Å². The van der Waals surface area contributed by atoms with E-state index in [1.54, 1.807) is 6.92 Å². The Kier molecular flexibility index (Phi) is 4.71. The van der Waals surface area contributed by atoms with Crippen LogP contribution in [0.15, 0.2) is 40.9 Å². The lowest BCUT2D eigenvalue weighted by Gasteiger charge is -2.11. The van der Waals surface area contributed by atoms with Crippen LogP contribution in [-0.2, 0) is 9.53 Å². The summed E-state index contributed by atoms with van der Waals surface area (Å²) < 4.78 is 15.7. The number of nitrogens with zero attached hydrogens (tertiary/aromatic N) is 1. The smallest absolute Gasteiger partial charge is 0.344 e. The number of ether oxygens (including phenoxy) is 2. The molecule has 0 radical (unpaired) electrons. The summed E-state index contributed by atoms with van der Waals surface area (Å²) in [4.78, 5) is 11.5. The fourth-order valence-electron chi connectivity index (χ4n) is 2.54. The second-order valence-corrected chi connectivity index (χ2v) is 5.62. The molecular weight excluding hydrogens is 330 g/mol. The summed E-state index contributed by atoms with van der Waals surface area (Å²) in [7, 11) is 0. The number of fused-ring (bicyclic) bond motifs is 1. The molecule has 124 valence electrons. The quantitative estimate of drug-likeness (QED) is 0.643. The SMILES string of the molecule is CCOC(=O)COc1noc(C)c2c(-c3ccc(Cl)cc3)ccc1-2. The van der Waals surface area contributed by atoms with Crippen LogP contribution in [-0.4, -0.2) is 24.3 Å². The molecule has 1 aliphatic heterocycles. The number of benzene rings is 1. The van der Waals surface area contributed by atoms with Crippen LogP contribution in [0.25, 0.3) is 22.3 Å². The van der Waals surface area contributed by atoms with Crippen LogP contribution < -0.4 is 4.74 Å². The van der Waals surface area contributed by atoms with Crippen LogP contribution in [0, 0.1) is 6.92 Å². The zero-order valence-corrected chi connectivity index (χ0v) is 14.1. The molecule has 5 nitrogen and oxygen atoms in total. The Morgan fingerprint density at radius 2 is 1.88 bits per heavy atom. The van der Waals surface area contributed by atoms with Crippen LogP contribution in [0.2, 0.25) is 5.02 Å². The van der Waals surface area contributed by atoms with E-state index in [2.05, 4.69) is 5.16 Å². The van der Waals surface area contributed by atoms with Gasteiger partial charge in [0.2, 0.25) is 0 Å². The van der Waals surface area contributed by atoms with E-state index in [-0.39, 0.29) is 12.5 Å². The van der Waals surface area contributed by atoms with Gasteiger partial charge in [0, 0.05) is 10.6 Å². The lowest BCUT2D eigenvalue weighted by atomic mass is 10.0. The molecule has 0 spiro atoms. The molecule has 0 N–H and O–H groups in total. The molecule has 6 heteroatoms. The fraction of sp³-hybridized carbons (Fsp3) is 0.222. The number of rotatable bonds is 5. The lowest BCUT2D eigenvalue weighted by Crippen LogP contribution is -2.15. The Labute approximate surface area is 144 Å². The highest BCUT2D eigenvalue weighted by Gasteiger charge is 2.22. The van der Waals surface area contributed by atoms with E-state index < -0.39 is 5.97 Å². The summed E-state index contributed by atoms with van der Waals surface area (Å²) in [5.74, 6) is 0.491. The summed E-state index contributed by atoms with van der Waals surface area (Å²) in [5.41, 5.74) is 3.68. The zero-order chi connectivity index (χ0) is 17.1. The summed E-state index contributed by atoms with van der Waals surface area (Å²) in [6.07, 6.45) is 0. The average Bonchev–Trinajstić information content (AvgIpc) is 3.01. The maximum atomic E-state index is 11.5. The third-order valence-electron chi connectivity index (χ3n) is 3.59. The van der Waals surface area contributed by atoms with Crippen LogP contribution in [0.4, 0.5) is 0 Å². The first-order chi connectivity index (χ1) is 11.6. The Balaban J connectivity index is 1.92. The van der Waals surface area contributed by atoms with Gasteiger partial charge in [0.25, 0.3) is 5.88 Å². The minimum Gasteiger partial charge on any atom is -0.463 e. The molecule has 24 heavy (non-hydrogen) atoms. The minimum atomic E-state index is -0.447. The Morgan fingerprint density at radius 1 is 1.17 bits per heavy atom. The highest BCUT2D eigenvalue weighted by molar-refractivity contribution is 6.30. The number of aromatic nitrogens is 1. The van der Waals surface area contributed by atoms with Gasteiger partial charge in [-0.3, -0.25) is 0 Å². The van der Waals surface area contributed by atoms with Gasteiger partial charge in [-0.1, -0.05) is 29.8 Å². The number of esters is 1.